The van der Waals surface area contributed by atoms with E-state index in [9.17, 15) is 9.59 Å². The van der Waals surface area contributed by atoms with Gasteiger partial charge >= 0.3 is 0 Å². The Morgan fingerprint density at radius 1 is 1.22 bits per heavy atom. The van der Waals surface area contributed by atoms with Crippen molar-refractivity contribution in [3.63, 3.8) is 0 Å². The Hall–Kier alpha value is -3.81. The molecule has 0 spiro atoms. The largest absolute Gasteiger partial charge is 0.348 e. The normalized spacial score (nSPS) is 10.3. The first-order valence-corrected chi connectivity index (χ1v) is 8.18. The number of anilines is 1. The Balaban J connectivity index is 1.66. The molecular weight excluding hydrogens is 344 g/mol. The molecular formula is C19H18N6O2. The standard InChI is InChI=1S/C19H18N6O2/c1-3-17(26)21-10-13-4-6-14(7-5-13)18(27)24-19-20-9-8-16(23-19)15-11-22-25(2)12-15/h3-9,11-12H,1,10H2,2H3,(H,21,26)(H,20,23,24,27). The summed E-state index contributed by atoms with van der Waals surface area (Å²) < 4.78 is 1.68. The first-order valence-electron chi connectivity index (χ1n) is 8.18. The van der Waals surface area contributed by atoms with Gasteiger partial charge < -0.3 is 5.32 Å². The van der Waals surface area contributed by atoms with Gasteiger partial charge in [0.25, 0.3) is 5.91 Å². The van der Waals surface area contributed by atoms with Crippen LogP contribution in [0.15, 0.2) is 61.6 Å². The predicted molar refractivity (Wildman–Crippen MR) is 101 cm³/mol. The van der Waals surface area contributed by atoms with Gasteiger partial charge in [-0.1, -0.05) is 18.7 Å². The van der Waals surface area contributed by atoms with Crippen LogP contribution in [0.2, 0.25) is 0 Å². The number of nitrogens with one attached hydrogen (secondary N) is 2. The molecule has 0 radical (unpaired) electrons. The number of amides is 2. The van der Waals surface area contributed by atoms with Gasteiger partial charge in [0.05, 0.1) is 11.9 Å². The quantitative estimate of drug-likeness (QED) is 0.653. The summed E-state index contributed by atoms with van der Waals surface area (Å²) in [6.45, 7) is 3.76. The number of carbonyl (C=O) groups excluding carboxylic acids is 2. The van der Waals surface area contributed by atoms with Gasteiger partial charge in [-0.15, -0.1) is 0 Å². The number of hydrogen-bond donors (Lipinski definition) is 2. The summed E-state index contributed by atoms with van der Waals surface area (Å²) in [5.74, 6) is -0.355. The van der Waals surface area contributed by atoms with Crippen molar-refractivity contribution in [1.29, 1.82) is 0 Å². The highest BCUT2D eigenvalue weighted by Gasteiger charge is 2.10. The van der Waals surface area contributed by atoms with Gasteiger partial charge in [0, 0.05) is 37.1 Å². The summed E-state index contributed by atoms with van der Waals surface area (Å²) in [6.07, 6.45) is 6.31. The fraction of sp³-hybridized carbons (Fsp3) is 0.105. The molecule has 0 unspecified atom stereocenters. The second-order valence-electron chi connectivity index (χ2n) is 5.74. The summed E-state index contributed by atoms with van der Waals surface area (Å²) in [7, 11) is 1.82. The topological polar surface area (TPSA) is 102 Å². The minimum Gasteiger partial charge on any atom is -0.348 e. The molecule has 2 aromatic heterocycles. The van der Waals surface area contributed by atoms with Crippen LogP contribution < -0.4 is 10.6 Å². The van der Waals surface area contributed by atoms with Crippen LogP contribution in [0.1, 0.15) is 15.9 Å². The number of carbonyl (C=O) groups is 2. The summed E-state index contributed by atoms with van der Waals surface area (Å²) in [5, 5.41) is 9.47. The van der Waals surface area contributed by atoms with E-state index in [1.165, 1.54) is 6.08 Å². The fourth-order valence-electron chi connectivity index (χ4n) is 2.34. The zero-order chi connectivity index (χ0) is 19.2. The molecule has 0 saturated carbocycles. The van der Waals surface area contributed by atoms with E-state index >= 15 is 0 Å². The van der Waals surface area contributed by atoms with E-state index in [-0.39, 0.29) is 17.8 Å². The summed E-state index contributed by atoms with van der Waals surface area (Å²) >= 11 is 0. The van der Waals surface area contributed by atoms with Crippen LogP contribution in [0.3, 0.4) is 0 Å². The van der Waals surface area contributed by atoms with Crippen LogP contribution in [-0.4, -0.2) is 31.6 Å². The molecule has 0 fully saturated rings. The lowest BCUT2D eigenvalue weighted by molar-refractivity contribution is -0.116. The molecule has 2 amide bonds. The summed E-state index contributed by atoms with van der Waals surface area (Å²) in [4.78, 5) is 32.0. The van der Waals surface area contributed by atoms with Crippen LogP contribution >= 0.6 is 0 Å². The Morgan fingerprint density at radius 3 is 2.67 bits per heavy atom. The van der Waals surface area contributed by atoms with E-state index in [1.807, 2.05) is 13.2 Å². The molecule has 2 heterocycles. The molecule has 0 aliphatic rings. The molecule has 8 nitrogen and oxygen atoms in total. The maximum atomic E-state index is 12.4. The molecule has 1 aromatic carbocycles. The zero-order valence-electron chi connectivity index (χ0n) is 14.7. The third-order valence-electron chi connectivity index (χ3n) is 3.75. The Morgan fingerprint density at radius 2 is 2.00 bits per heavy atom. The maximum Gasteiger partial charge on any atom is 0.258 e. The highest BCUT2D eigenvalue weighted by Crippen LogP contribution is 2.16. The minimum atomic E-state index is -0.319. The first-order chi connectivity index (χ1) is 13.0. The van der Waals surface area contributed by atoms with Crippen LogP contribution in [0.4, 0.5) is 5.95 Å². The Bertz CT molecular complexity index is 978. The number of rotatable bonds is 6. The van der Waals surface area contributed by atoms with Gasteiger partial charge in [-0.05, 0) is 29.8 Å². The van der Waals surface area contributed by atoms with Crippen molar-refractivity contribution < 1.29 is 9.59 Å². The molecule has 3 rings (SSSR count). The lowest BCUT2D eigenvalue weighted by atomic mass is 10.1. The van der Waals surface area contributed by atoms with Gasteiger partial charge in [0.1, 0.15) is 0 Å². The van der Waals surface area contributed by atoms with Crippen molar-refractivity contribution >= 4 is 17.8 Å². The Kier molecular flexibility index (Phi) is 5.36. The molecule has 8 heteroatoms. The van der Waals surface area contributed by atoms with Gasteiger partial charge in [0.2, 0.25) is 11.9 Å². The highest BCUT2D eigenvalue weighted by molar-refractivity contribution is 6.03. The summed E-state index contributed by atoms with van der Waals surface area (Å²) in [6, 6.07) is 8.64. The van der Waals surface area contributed by atoms with Crippen molar-refractivity contribution in [3.8, 4) is 11.3 Å². The second-order valence-corrected chi connectivity index (χ2v) is 5.74. The number of aryl methyl sites for hydroxylation is 1. The third kappa shape index (κ3) is 4.63. The van der Waals surface area contributed by atoms with E-state index in [1.54, 1.807) is 47.4 Å². The van der Waals surface area contributed by atoms with Gasteiger partial charge in [-0.25, -0.2) is 9.97 Å². The van der Waals surface area contributed by atoms with Crippen molar-refractivity contribution in [2.45, 2.75) is 6.54 Å². The molecule has 2 N–H and O–H groups in total. The fourth-order valence-corrected chi connectivity index (χ4v) is 2.34. The third-order valence-corrected chi connectivity index (χ3v) is 3.75. The zero-order valence-corrected chi connectivity index (χ0v) is 14.7. The minimum absolute atomic E-state index is 0.212. The van der Waals surface area contributed by atoms with Crippen LogP contribution in [0, 0.1) is 0 Å². The smallest absolute Gasteiger partial charge is 0.258 e. The molecule has 0 saturated heterocycles. The van der Waals surface area contributed by atoms with Gasteiger partial charge in [-0.3, -0.25) is 19.6 Å². The number of aromatic nitrogens is 4. The average Bonchev–Trinajstić information content (AvgIpc) is 3.13. The van der Waals surface area contributed by atoms with Gasteiger partial charge in [0.15, 0.2) is 0 Å². The van der Waals surface area contributed by atoms with Crippen LogP contribution in [-0.2, 0) is 18.4 Å². The lowest BCUT2D eigenvalue weighted by Gasteiger charge is -2.06. The summed E-state index contributed by atoms with van der Waals surface area (Å²) in [5.41, 5.74) is 2.84. The van der Waals surface area contributed by atoms with Crippen molar-refractivity contribution in [2.24, 2.45) is 7.05 Å². The monoisotopic (exact) mass is 362 g/mol. The molecule has 27 heavy (non-hydrogen) atoms. The number of nitrogens with zero attached hydrogens (tertiary/aromatic N) is 4. The van der Waals surface area contributed by atoms with E-state index in [2.05, 4.69) is 32.3 Å². The second kappa shape index (κ2) is 8.05. The molecule has 0 aliphatic carbocycles. The first kappa shape index (κ1) is 18.0. The molecule has 3 aromatic rings. The maximum absolute atomic E-state index is 12.4. The van der Waals surface area contributed by atoms with Crippen LogP contribution in [0.5, 0.6) is 0 Å². The lowest BCUT2D eigenvalue weighted by Crippen LogP contribution is -2.20. The van der Waals surface area contributed by atoms with Crippen molar-refractivity contribution in [3.05, 3.63) is 72.7 Å². The highest BCUT2D eigenvalue weighted by atomic mass is 16.2. The SMILES string of the molecule is C=CC(=O)NCc1ccc(C(=O)Nc2nccc(-c3cnn(C)c3)n2)cc1. The van der Waals surface area contributed by atoms with E-state index < -0.39 is 0 Å². The van der Waals surface area contributed by atoms with Crippen molar-refractivity contribution in [2.75, 3.05) is 5.32 Å². The molecule has 0 bridgehead atoms. The predicted octanol–water partition coefficient (Wildman–Crippen LogP) is 1.93. The van der Waals surface area contributed by atoms with Crippen LogP contribution in [0.25, 0.3) is 11.3 Å². The molecule has 136 valence electrons. The number of benzene rings is 1. The van der Waals surface area contributed by atoms with E-state index in [0.717, 1.165) is 11.1 Å². The van der Waals surface area contributed by atoms with Crippen molar-refractivity contribution in [1.82, 2.24) is 25.1 Å². The number of hydrogen-bond acceptors (Lipinski definition) is 5. The van der Waals surface area contributed by atoms with Gasteiger partial charge in [-0.2, -0.15) is 5.10 Å². The molecule has 0 atom stereocenters. The molecule has 0 aliphatic heterocycles. The van der Waals surface area contributed by atoms with E-state index in [0.29, 0.717) is 17.8 Å². The Labute approximate surface area is 156 Å². The van der Waals surface area contributed by atoms with E-state index in [4.69, 9.17) is 0 Å². The average molecular weight is 362 g/mol.